The van der Waals surface area contributed by atoms with Gasteiger partial charge in [0.25, 0.3) is 0 Å². The maximum Gasteiger partial charge on any atom is 0.509 e. The number of carbonyl (C=O) groups excluding carboxylic acids is 2. The van der Waals surface area contributed by atoms with Crippen molar-refractivity contribution in [2.24, 2.45) is 0 Å². The molecule has 0 rings (SSSR count). The SMILES string of the molecule is CCCCOC(=O)C(C)OC(=O)OCC. The van der Waals surface area contributed by atoms with Gasteiger partial charge >= 0.3 is 12.1 Å². The highest BCUT2D eigenvalue weighted by molar-refractivity contribution is 5.76. The second-order valence-electron chi connectivity index (χ2n) is 2.96. The third kappa shape index (κ3) is 6.76. The molecule has 0 aromatic heterocycles. The summed E-state index contributed by atoms with van der Waals surface area (Å²) in [5, 5.41) is 0. The highest BCUT2D eigenvalue weighted by Crippen LogP contribution is 1.99. The zero-order valence-corrected chi connectivity index (χ0v) is 9.45. The van der Waals surface area contributed by atoms with Crippen LogP contribution in [0.15, 0.2) is 0 Å². The van der Waals surface area contributed by atoms with E-state index in [1.165, 1.54) is 6.92 Å². The number of ether oxygens (including phenoxy) is 3. The van der Waals surface area contributed by atoms with Crippen molar-refractivity contribution in [3.05, 3.63) is 0 Å². The summed E-state index contributed by atoms with van der Waals surface area (Å²) in [5.74, 6) is -0.545. The molecule has 0 aromatic rings. The minimum atomic E-state index is -0.916. The Balaban J connectivity index is 3.73. The van der Waals surface area contributed by atoms with E-state index in [1.54, 1.807) is 6.92 Å². The fourth-order valence-electron chi connectivity index (χ4n) is 0.779. The molecule has 88 valence electrons. The van der Waals surface area contributed by atoms with Gasteiger partial charge in [-0.05, 0) is 20.3 Å². The molecule has 15 heavy (non-hydrogen) atoms. The van der Waals surface area contributed by atoms with E-state index in [1.807, 2.05) is 6.92 Å². The third-order valence-corrected chi connectivity index (χ3v) is 1.61. The van der Waals surface area contributed by atoms with Gasteiger partial charge < -0.3 is 14.2 Å². The summed E-state index contributed by atoms with van der Waals surface area (Å²) in [6, 6.07) is 0. The molecule has 0 radical (unpaired) electrons. The van der Waals surface area contributed by atoms with Crippen LogP contribution in [-0.4, -0.2) is 31.4 Å². The first-order valence-electron chi connectivity index (χ1n) is 5.11. The molecule has 0 spiro atoms. The number of rotatable bonds is 6. The summed E-state index contributed by atoms with van der Waals surface area (Å²) in [4.78, 5) is 22.0. The zero-order chi connectivity index (χ0) is 11.7. The second-order valence-corrected chi connectivity index (χ2v) is 2.96. The van der Waals surface area contributed by atoms with Gasteiger partial charge in [-0.1, -0.05) is 13.3 Å². The van der Waals surface area contributed by atoms with Gasteiger partial charge in [0.15, 0.2) is 6.10 Å². The Morgan fingerprint density at radius 3 is 2.40 bits per heavy atom. The Hall–Kier alpha value is -1.26. The standard InChI is InChI=1S/C10H18O5/c1-4-6-7-14-9(11)8(3)15-10(12)13-5-2/h8H,4-7H2,1-3H3. The Bertz CT molecular complexity index is 202. The lowest BCUT2D eigenvalue weighted by Gasteiger charge is -2.11. The van der Waals surface area contributed by atoms with Gasteiger partial charge in [-0.3, -0.25) is 0 Å². The Morgan fingerprint density at radius 2 is 1.87 bits per heavy atom. The number of hydrogen-bond donors (Lipinski definition) is 0. The van der Waals surface area contributed by atoms with Crippen LogP contribution in [0.3, 0.4) is 0 Å². The molecule has 0 fully saturated rings. The molecule has 5 nitrogen and oxygen atoms in total. The Labute approximate surface area is 89.7 Å². The number of esters is 1. The van der Waals surface area contributed by atoms with Gasteiger partial charge in [0.05, 0.1) is 13.2 Å². The predicted molar refractivity (Wildman–Crippen MR) is 53.4 cm³/mol. The molecule has 0 heterocycles. The third-order valence-electron chi connectivity index (χ3n) is 1.61. The molecular weight excluding hydrogens is 200 g/mol. The average Bonchev–Trinajstić information content (AvgIpc) is 2.18. The van der Waals surface area contributed by atoms with Crippen LogP contribution in [0.4, 0.5) is 4.79 Å². The van der Waals surface area contributed by atoms with Gasteiger partial charge in [0.1, 0.15) is 0 Å². The first kappa shape index (κ1) is 13.7. The maximum absolute atomic E-state index is 11.2. The van der Waals surface area contributed by atoms with Crippen molar-refractivity contribution >= 4 is 12.1 Å². The van der Waals surface area contributed by atoms with Gasteiger partial charge in [-0.2, -0.15) is 0 Å². The number of hydrogen-bond acceptors (Lipinski definition) is 5. The van der Waals surface area contributed by atoms with E-state index < -0.39 is 18.2 Å². The van der Waals surface area contributed by atoms with Crippen LogP contribution < -0.4 is 0 Å². The van der Waals surface area contributed by atoms with E-state index in [4.69, 9.17) is 4.74 Å². The average molecular weight is 218 g/mol. The second kappa shape index (κ2) is 8.08. The number of carbonyl (C=O) groups is 2. The first-order chi connectivity index (χ1) is 7.11. The minimum absolute atomic E-state index is 0.219. The lowest BCUT2D eigenvalue weighted by atomic mass is 10.3. The summed E-state index contributed by atoms with van der Waals surface area (Å²) in [6.07, 6.45) is -0.0171. The molecule has 0 bridgehead atoms. The van der Waals surface area contributed by atoms with Crippen LogP contribution in [-0.2, 0) is 19.0 Å². The van der Waals surface area contributed by atoms with E-state index in [0.717, 1.165) is 12.8 Å². The van der Waals surface area contributed by atoms with E-state index >= 15 is 0 Å². The van der Waals surface area contributed by atoms with Gasteiger partial charge in [-0.15, -0.1) is 0 Å². The van der Waals surface area contributed by atoms with Crippen molar-refractivity contribution in [2.75, 3.05) is 13.2 Å². The normalized spacial score (nSPS) is 11.7. The van der Waals surface area contributed by atoms with Crippen molar-refractivity contribution in [1.29, 1.82) is 0 Å². The quantitative estimate of drug-likeness (QED) is 0.503. The number of unbranched alkanes of at least 4 members (excludes halogenated alkanes) is 1. The molecule has 0 aliphatic carbocycles. The van der Waals surface area contributed by atoms with Gasteiger partial charge in [0, 0.05) is 0 Å². The molecule has 0 aromatic carbocycles. The van der Waals surface area contributed by atoms with Crippen molar-refractivity contribution in [3.63, 3.8) is 0 Å². The van der Waals surface area contributed by atoms with Crippen LogP contribution in [0.5, 0.6) is 0 Å². The molecule has 0 N–H and O–H groups in total. The molecule has 0 aliphatic heterocycles. The van der Waals surface area contributed by atoms with Gasteiger partial charge in [-0.25, -0.2) is 9.59 Å². The van der Waals surface area contributed by atoms with E-state index in [2.05, 4.69) is 9.47 Å². The zero-order valence-electron chi connectivity index (χ0n) is 9.45. The molecule has 1 unspecified atom stereocenters. The van der Waals surface area contributed by atoms with Crippen LogP contribution in [0, 0.1) is 0 Å². The fraction of sp³-hybridized carbons (Fsp3) is 0.800. The molecule has 5 heteroatoms. The summed E-state index contributed by atoms with van der Waals surface area (Å²) in [7, 11) is 0. The topological polar surface area (TPSA) is 61.8 Å². The maximum atomic E-state index is 11.2. The van der Waals surface area contributed by atoms with Crippen molar-refractivity contribution < 1.29 is 23.8 Å². The van der Waals surface area contributed by atoms with E-state index in [0.29, 0.717) is 6.61 Å². The lowest BCUT2D eigenvalue weighted by molar-refractivity contribution is -0.154. The Kier molecular flexibility index (Phi) is 7.40. The first-order valence-corrected chi connectivity index (χ1v) is 5.11. The smallest absolute Gasteiger partial charge is 0.463 e. The largest absolute Gasteiger partial charge is 0.509 e. The summed E-state index contributed by atoms with van der Waals surface area (Å²) in [6.45, 7) is 5.67. The van der Waals surface area contributed by atoms with Gasteiger partial charge in [0.2, 0.25) is 0 Å². The molecular formula is C10H18O5. The van der Waals surface area contributed by atoms with Crippen LogP contribution in [0.25, 0.3) is 0 Å². The van der Waals surface area contributed by atoms with Crippen molar-refractivity contribution in [2.45, 2.75) is 39.7 Å². The lowest BCUT2D eigenvalue weighted by Crippen LogP contribution is -2.27. The minimum Gasteiger partial charge on any atom is -0.463 e. The molecule has 0 aliphatic rings. The van der Waals surface area contributed by atoms with Crippen LogP contribution >= 0.6 is 0 Å². The monoisotopic (exact) mass is 218 g/mol. The van der Waals surface area contributed by atoms with E-state index in [9.17, 15) is 9.59 Å². The Morgan fingerprint density at radius 1 is 1.20 bits per heavy atom. The van der Waals surface area contributed by atoms with Crippen molar-refractivity contribution in [3.8, 4) is 0 Å². The highest BCUT2D eigenvalue weighted by Gasteiger charge is 2.19. The fourth-order valence-corrected chi connectivity index (χ4v) is 0.779. The summed E-state index contributed by atoms with van der Waals surface area (Å²) in [5.41, 5.74) is 0. The van der Waals surface area contributed by atoms with Crippen molar-refractivity contribution in [1.82, 2.24) is 0 Å². The van der Waals surface area contributed by atoms with Crippen LogP contribution in [0.1, 0.15) is 33.6 Å². The van der Waals surface area contributed by atoms with E-state index in [-0.39, 0.29) is 6.61 Å². The molecule has 1 atom stereocenters. The summed E-state index contributed by atoms with van der Waals surface area (Å²) < 4.78 is 14.0. The van der Waals surface area contributed by atoms with Crippen LogP contribution in [0.2, 0.25) is 0 Å². The summed E-state index contributed by atoms with van der Waals surface area (Å²) >= 11 is 0. The predicted octanol–water partition coefficient (Wildman–Crippen LogP) is 1.89. The molecule has 0 saturated heterocycles. The highest BCUT2D eigenvalue weighted by atomic mass is 16.7. The molecule has 0 amide bonds. The molecule has 0 saturated carbocycles.